The second-order valence-electron chi connectivity index (χ2n) is 6.25. The van der Waals surface area contributed by atoms with Crippen LogP contribution in [0.2, 0.25) is 5.02 Å². The monoisotopic (exact) mass is 412 g/mol. The molecule has 0 saturated carbocycles. The van der Waals surface area contributed by atoms with Crippen molar-refractivity contribution in [3.05, 3.63) is 77.0 Å². The maximum absolute atomic E-state index is 6.16. The van der Waals surface area contributed by atoms with Crippen LogP contribution in [-0.4, -0.2) is 20.4 Å². The number of halogens is 1. The van der Waals surface area contributed by atoms with Crippen molar-refractivity contribution < 1.29 is 8.83 Å². The Morgan fingerprint density at radius 2 is 1.64 bits per heavy atom. The molecule has 0 N–H and O–H groups in total. The highest BCUT2D eigenvalue weighted by Gasteiger charge is 2.15. The summed E-state index contributed by atoms with van der Waals surface area (Å²) >= 11 is 7.52. The summed E-state index contributed by atoms with van der Waals surface area (Å²) in [5.41, 5.74) is 1.95. The maximum Gasteiger partial charge on any atom is 0.277 e. The predicted molar refractivity (Wildman–Crippen MR) is 107 cm³/mol. The minimum atomic E-state index is 0.300. The van der Waals surface area contributed by atoms with Crippen molar-refractivity contribution in [2.24, 2.45) is 0 Å². The Morgan fingerprint density at radius 1 is 0.893 bits per heavy atom. The van der Waals surface area contributed by atoms with E-state index >= 15 is 0 Å². The number of hydrogen-bond donors (Lipinski definition) is 0. The average Bonchev–Trinajstić information content (AvgIpc) is 3.37. The first-order chi connectivity index (χ1) is 13.7. The summed E-state index contributed by atoms with van der Waals surface area (Å²) in [6.45, 7) is 2.14. The molecule has 0 aliphatic carbocycles. The number of rotatable bonds is 7. The third-order valence-corrected chi connectivity index (χ3v) is 5.32. The number of hydrogen-bond acceptors (Lipinski definition) is 7. The molecule has 2 aromatic carbocycles. The standard InChI is InChI=1S/C20H17ClN4O2S/c1-13(14-7-3-2-4-8-14)11-17-22-25-20(27-17)28-12-18-23-24-19(26-18)15-9-5-6-10-16(15)21/h2-10,13H,11-12H2,1H3. The molecule has 6 nitrogen and oxygen atoms in total. The first-order valence-electron chi connectivity index (χ1n) is 8.76. The molecule has 0 aliphatic rings. The van der Waals surface area contributed by atoms with E-state index in [2.05, 4.69) is 39.5 Å². The lowest BCUT2D eigenvalue weighted by Crippen LogP contribution is -1.98. The molecule has 1 unspecified atom stereocenters. The maximum atomic E-state index is 6.16. The third kappa shape index (κ3) is 4.43. The Balaban J connectivity index is 1.36. The minimum absolute atomic E-state index is 0.300. The predicted octanol–water partition coefficient (Wildman–Crippen LogP) is 5.41. The van der Waals surface area contributed by atoms with Crippen LogP contribution in [0.1, 0.15) is 30.2 Å². The lowest BCUT2D eigenvalue weighted by molar-refractivity contribution is 0.404. The minimum Gasteiger partial charge on any atom is -0.420 e. The van der Waals surface area contributed by atoms with Gasteiger partial charge in [-0.25, -0.2) is 0 Å². The SMILES string of the molecule is CC(Cc1nnc(SCc2nnc(-c3ccccc3Cl)o2)o1)c1ccccc1. The van der Waals surface area contributed by atoms with E-state index < -0.39 is 0 Å². The highest BCUT2D eigenvalue weighted by atomic mass is 35.5. The van der Waals surface area contributed by atoms with Crippen LogP contribution in [0.5, 0.6) is 0 Å². The van der Waals surface area contributed by atoms with Crippen LogP contribution in [0.25, 0.3) is 11.5 Å². The van der Waals surface area contributed by atoms with Crippen molar-refractivity contribution in [3.8, 4) is 11.5 Å². The van der Waals surface area contributed by atoms with Crippen LogP contribution in [0.4, 0.5) is 0 Å². The largest absolute Gasteiger partial charge is 0.420 e. The van der Waals surface area contributed by atoms with Crippen molar-refractivity contribution in [1.82, 2.24) is 20.4 Å². The molecule has 28 heavy (non-hydrogen) atoms. The molecule has 0 radical (unpaired) electrons. The molecule has 4 aromatic rings. The van der Waals surface area contributed by atoms with Crippen molar-refractivity contribution in [1.29, 1.82) is 0 Å². The zero-order chi connectivity index (χ0) is 19.3. The molecule has 142 valence electrons. The molecule has 0 saturated heterocycles. The van der Waals surface area contributed by atoms with E-state index in [-0.39, 0.29) is 0 Å². The Bertz CT molecular complexity index is 1050. The third-order valence-electron chi connectivity index (χ3n) is 4.19. The lowest BCUT2D eigenvalue weighted by Gasteiger charge is -2.08. The van der Waals surface area contributed by atoms with Gasteiger partial charge in [0.2, 0.25) is 17.7 Å². The highest BCUT2D eigenvalue weighted by molar-refractivity contribution is 7.98. The molecule has 2 heterocycles. The highest BCUT2D eigenvalue weighted by Crippen LogP contribution is 2.28. The second-order valence-corrected chi connectivity index (χ2v) is 7.58. The number of aromatic nitrogens is 4. The fraction of sp³-hybridized carbons (Fsp3) is 0.200. The van der Waals surface area contributed by atoms with Gasteiger partial charge in [0.05, 0.1) is 16.3 Å². The summed E-state index contributed by atoms with van der Waals surface area (Å²) in [6.07, 6.45) is 0.689. The Hall–Kier alpha value is -2.64. The molecule has 2 aromatic heterocycles. The van der Waals surface area contributed by atoms with Gasteiger partial charge < -0.3 is 8.83 Å². The Kier molecular flexibility index (Phi) is 5.73. The van der Waals surface area contributed by atoms with Crippen LogP contribution in [0.15, 0.2) is 68.7 Å². The van der Waals surface area contributed by atoms with Crippen molar-refractivity contribution in [2.75, 3.05) is 0 Å². The van der Waals surface area contributed by atoms with E-state index in [1.165, 1.54) is 17.3 Å². The smallest absolute Gasteiger partial charge is 0.277 e. The van der Waals surface area contributed by atoms with E-state index in [4.69, 9.17) is 20.4 Å². The first-order valence-corrected chi connectivity index (χ1v) is 10.1. The molecule has 0 aliphatic heterocycles. The Morgan fingerprint density at radius 3 is 2.46 bits per heavy atom. The van der Waals surface area contributed by atoms with Crippen molar-refractivity contribution in [3.63, 3.8) is 0 Å². The van der Waals surface area contributed by atoms with Crippen molar-refractivity contribution >= 4 is 23.4 Å². The molecule has 0 amide bonds. The van der Waals surface area contributed by atoms with Gasteiger partial charge in [-0.15, -0.1) is 20.4 Å². The van der Waals surface area contributed by atoms with Gasteiger partial charge in [-0.05, 0) is 23.6 Å². The first kappa shape index (κ1) is 18.7. The molecule has 0 bridgehead atoms. The summed E-state index contributed by atoms with van der Waals surface area (Å²) in [5.74, 6) is 2.21. The number of benzene rings is 2. The molecular formula is C20H17ClN4O2S. The molecule has 0 spiro atoms. The Labute approximate surface area is 171 Å². The van der Waals surface area contributed by atoms with E-state index in [1.807, 2.05) is 36.4 Å². The summed E-state index contributed by atoms with van der Waals surface area (Å²) < 4.78 is 11.4. The van der Waals surface area contributed by atoms with Crippen LogP contribution in [-0.2, 0) is 12.2 Å². The van der Waals surface area contributed by atoms with Crippen LogP contribution in [0.3, 0.4) is 0 Å². The number of nitrogens with zero attached hydrogens (tertiary/aromatic N) is 4. The molecular weight excluding hydrogens is 396 g/mol. The summed E-state index contributed by atoms with van der Waals surface area (Å²) in [7, 11) is 0. The topological polar surface area (TPSA) is 77.8 Å². The van der Waals surface area contributed by atoms with Gasteiger partial charge in [-0.1, -0.05) is 72.8 Å². The van der Waals surface area contributed by atoms with Gasteiger partial charge in [-0.2, -0.15) is 0 Å². The zero-order valence-electron chi connectivity index (χ0n) is 15.1. The fourth-order valence-corrected chi connectivity index (χ4v) is 3.55. The van der Waals surface area contributed by atoms with Crippen LogP contribution < -0.4 is 0 Å². The van der Waals surface area contributed by atoms with Crippen LogP contribution >= 0.6 is 23.4 Å². The zero-order valence-corrected chi connectivity index (χ0v) is 16.7. The van der Waals surface area contributed by atoms with Crippen molar-refractivity contribution in [2.45, 2.75) is 30.2 Å². The van der Waals surface area contributed by atoms with E-state index in [0.717, 1.165) is 0 Å². The average molecular weight is 413 g/mol. The van der Waals surface area contributed by atoms with Gasteiger partial charge in [0.1, 0.15) is 0 Å². The lowest BCUT2D eigenvalue weighted by atomic mass is 9.98. The molecule has 4 rings (SSSR count). The van der Waals surface area contributed by atoms with E-state index in [9.17, 15) is 0 Å². The molecule has 0 fully saturated rings. The second kappa shape index (κ2) is 8.58. The van der Waals surface area contributed by atoms with Gasteiger partial charge in [0, 0.05) is 6.42 Å². The van der Waals surface area contributed by atoms with Gasteiger partial charge >= 0.3 is 0 Å². The summed E-state index contributed by atoms with van der Waals surface area (Å²) in [6, 6.07) is 17.6. The normalized spacial score (nSPS) is 12.2. The van der Waals surface area contributed by atoms with Gasteiger partial charge in [0.25, 0.3) is 5.22 Å². The van der Waals surface area contributed by atoms with Gasteiger partial charge in [-0.3, -0.25) is 0 Å². The van der Waals surface area contributed by atoms with E-state index in [0.29, 0.717) is 51.6 Å². The van der Waals surface area contributed by atoms with Crippen LogP contribution in [0, 0.1) is 0 Å². The number of thioether (sulfide) groups is 1. The summed E-state index contributed by atoms with van der Waals surface area (Å²) in [4.78, 5) is 0. The fourth-order valence-electron chi connectivity index (χ4n) is 2.72. The van der Waals surface area contributed by atoms with Gasteiger partial charge in [0.15, 0.2) is 0 Å². The molecule has 1 atom stereocenters. The van der Waals surface area contributed by atoms with E-state index in [1.54, 1.807) is 6.07 Å². The summed E-state index contributed by atoms with van der Waals surface area (Å²) in [5, 5.41) is 17.4. The quantitative estimate of drug-likeness (QED) is 0.375. The molecule has 8 heteroatoms.